The van der Waals surface area contributed by atoms with Gasteiger partial charge in [0.15, 0.2) is 5.82 Å². The van der Waals surface area contributed by atoms with Gasteiger partial charge in [0.2, 0.25) is 0 Å². The molecule has 3 nitrogen and oxygen atoms in total. The van der Waals surface area contributed by atoms with Crippen LogP contribution in [0.5, 0.6) is 0 Å². The lowest BCUT2D eigenvalue weighted by atomic mass is 10.0. The van der Waals surface area contributed by atoms with Crippen molar-refractivity contribution in [3.8, 4) is 39.6 Å². The Morgan fingerprint density at radius 2 is 1.11 bits per heavy atom. The summed E-state index contributed by atoms with van der Waals surface area (Å²) in [6.07, 6.45) is 0. The van der Waals surface area contributed by atoms with Crippen LogP contribution in [0.15, 0.2) is 152 Å². The van der Waals surface area contributed by atoms with Crippen molar-refractivity contribution in [3.63, 3.8) is 0 Å². The SMILES string of the molecule is c1ccc(-c2cc(-c3cccc4c3sc3ccccc34)nc(-c3cccc4c5ccccc5n(-c5ccccc5)c34)n2)cc1. The van der Waals surface area contributed by atoms with Crippen molar-refractivity contribution in [3.05, 3.63) is 152 Å². The Bertz CT molecular complexity index is 2490. The molecule has 3 heterocycles. The first kappa shape index (κ1) is 25.0. The second kappa shape index (κ2) is 10.0. The Hall–Kier alpha value is -5.58. The van der Waals surface area contributed by atoms with Gasteiger partial charge in [0.05, 0.1) is 22.4 Å². The molecule has 0 unspecified atom stereocenters. The van der Waals surface area contributed by atoms with Crippen LogP contribution in [-0.2, 0) is 0 Å². The maximum absolute atomic E-state index is 5.36. The maximum Gasteiger partial charge on any atom is 0.162 e. The van der Waals surface area contributed by atoms with Crippen molar-refractivity contribution in [1.82, 2.24) is 14.5 Å². The van der Waals surface area contributed by atoms with Crippen LogP contribution in [0.25, 0.3) is 81.6 Å². The Kier molecular flexibility index (Phi) is 5.68. The van der Waals surface area contributed by atoms with Crippen LogP contribution in [0.4, 0.5) is 0 Å². The molecule has 206 valence electrons. The molecule has 0 atom stereocenters. The third-order valence-corrected chi connectivity index (χ3v) is 9.65. The van der Waals surface area contributed by atoms with E-state index in [-0.39, 0.29) is 0 Å². The topological polar surface area (TPSA) is 30.7 Å². The molecule has 0 aliphatic rings. The molecular weight excluding hydrogens is 555 g/mol. The van der Waals surface area contributed by atoms with Crippen LogP contribution < -0.4 is 0 Å². The second-order valence-electron chi connectivity index (χ2n) is 11.0. The van der Waals surface area contributed by atoms with Gasteiger partial charge in [0.25, 0.3) is 0 Å². The smallest absolute Gasteiger partial charge is 0.162 e. The van der Waals surface area contributed by atoms with Crippen molar-refractivity contribution >= 4 is 53.3 Å². The summed E-state index contributed by atoms with van der Waals surface area (Å²) in [5, 5.41) is 4.94. The standard InChI is InChI=1S/C40H25N3S/c1-3-13-26(14-4-1)34-25-35(32-21-12-20-31-29-18-8-10-24-37(29)44-39(31)32)42-40(41-34)33-22-11-19-30-28-17-7-9-23-36(28)43(38(30)33)27-15-5-2-6-16-27/h1-25H. The van der Waals surface area contributed by atoms with Gasteiger partial charge in [0, 0.05) is 53.3 Å². The summed E-state index contributed by atoms with van der Waals surface area (Å²) < 4.78 is 4.88. The van der Waals surface area contributed by atoms with E-state index < -0.39 is 0 Å². The van der Waals surface area contributed by atoms with Gasteiger partial charge in [-0.1, -0.05) is 115 Å². The molecule has 9 rings (SSSR count). The largest absolute Gasteiger partial charge is 0.309 e. The first-order valence-corrected chi connectivity index (χ1v) is 15.6. The van der Waals surface area contributed by atoms with E-state index in [0.717, 1.165) is 44.8 Å². The molecule has 44 heavy (non-hydrogen) atoms. The van der Waals surface area contributed by atoms with Gasteiger partial charge in [0.1, 0.15) is 0 Å². The highest BCUT2D eigenvalue weighted by Gasteiger charge is 2.20. The molecule has 3 aromatic heterocycles. The summed E-state index contributed by atoms with van der Waals surface area (Å²) in [5.74, 6) is 0.713. The fourth-order valence-corrected chi connectivity index (χ4v) is 7.68. The molecule has 0 aliphatic carbocycles. The molecule has 0 spiro atoms. The maximum atomic E-state index is 5.36. The van der Waals surface area contributed by atoms with E-state index in [2.05, 4.69) is 150 Å². The number of hydrogen-bond acceptors (Lipinski definition) is 3. The van der Waals surface area contributed by atoms with E-state index in [1.54, 1.807) is 0 Å². The molecule has 6 aromatic carbocycles. The van der Waals surface area contributed by atoms with Crippen molar-refractivity contribution < 1.29 is 0 Å². The van der Waals surface area contributed by atoms with Gasteiger partial charge in [-0.25, -0.2) is 9.97 Å². The van der Waals surface area contributed by atoms with Crippen LogP contribution >= 0.6 is 11.3 Å². The molecule has 0 bridgehead atoms. The molecule has 0 fully saturated rings. The summed E-state index contributed by atoms with van der Waals surface area (Å²) in [7, 11) is 0. The molecule has 0 N–H and O–H groups in total. The van der Waals surface area contributed by atoms with Crippen molar-refractivity contribution in [2.24, 2.45) is 0 Å². The number of para-hydroxylation sites is 3. The Morgan fingerprint density at radius 1 is 0.477 bits per heavy atom. The molecular formula is C40H25N3S. The van der Waals surface area contributed by atoms with E-state index in [9.17, 15) is 0 Å². The zero-order valence-corrected chi connectivity index (χ0v) is 24.5. The lowest BCUT2D eigenvalue weighted by molar-refractivity contribution is 1.16. The van der Waals surface area contributed by atoms with Crippen LogP contribution in [0, 0.1) is 0 Å². The van der Waals surface area contributed by atoms with E-state index in [4.69, 9.17) is 9.97 Å². The quantitative estimate of drug-likeness (QED) is 0.208. The second-order valence-corrected chi connectivity index (χ2v) is 12.1. The predicted octanol–water partition coefficient (Wildman–Crippen LogP) is 10.9. The minimum absolute atomic E-state index is 0.713. The number of hydrogen-bond donors (Lipinski definition) is 0. The fraction of sp³-hybridized carbons (Fsp3) is 0. The third-order valence-electron chi connectivity index (χ3n) is 8.43. The average molecular weight is 580 g/mol. The molecule has 0 radical (unpaired) electrons. The van der Waals surface area contributed by atoms with Crippen LogP contribution in [0.3, 0.4) is 0 Å². The van der Waals surface area contributed by atoms with Crippen molar-refractivity contribution in [2.45, 2.75) is 0 Å². The summed E-state index contributed by atoms with van der Waals surface area (Å²) in [6.45, 7) is 0. The predicted molar refractivity (Wildman–Crippen MR) is 186 cm³/mol. The van der Waals surface area contributed by atoms with Crippen LogP contribution in [0.1, 0.15) is 0 Å². The number of nitrogens with zero attached hydrogens (tertiary/aromatic N) is 3. The monoisotopic (exact) mass is 579 g/mol. The number of benzene rings is 6. The van der Waals surface area contributed by atoms with Gasteiger partial charge >= 0.3 is 0 Å². The highest BCUT2D eigenvalue weighted by Crippen LogP contribution is 2.42. The van der Waals surface area contributed by atoms with E-state index in [0.29, 0.717) is 5.82 Å². The molecule has 9 aromatic rings. The highest BCUT2D eigenvalue weighted by molar-refractivity contribution is 7.26. The lowest BCUT2D eigenvalue weighted by Crippen LogP contribution is -1.99. The Balaban J connectivity index is 1.37. The van der Waals surface area contributed by atoms with E-state index >= 15 is 0 Å². The minimum Gasteiger partial charge on any atom is -0.309 e. The van der Waals surface area contributed by atoms with Gasteiger partial charge in [-0.3, -0.25) is 0 Å². The zero-order valence-electron chi connectivity index (χ0n) is 23.7. The first-order chi connectivity index (χ1) is 21.8. The third kappa shape index (κ3) is 3.89. The number of aromatic nitrogens is 3. The van der Waals surface area contributed by atoms with Crippen LogP contribution in [-0.4, -0.2) is 14.5 Å². The van der Waals surface area contributed by atoms with E-state index in [1.807, 2.05) is 17.4 Å². The van der Waals surface area contributed by atoms with Gasteiger partial charge in [-0.15, -0.1) is 11.3 Å². The van der Waals surface area contributed by atoms with Gasteiger partial charge in [-0.05, 0) is 36.4 Å². The summed E-state index contributed by atoms with van der Waals surface area (Å²) in [5.41, 5.74) is 8.41. The Morgan fingerprint density at radius 3 is 1.95 bits per heavy atom. The summed E-state index contributed by atoms with van der Waals surface area (Å²) in [6, 6.07) is 53.5. The lowest BCUT2D eigenvalue weighted by Gasteiger charge is -2.13. The molecule has 0 aliphatic heterocycles. The molecule has 0 saturated heterocycles. The molecule has 4 heteroatoms. The average Bonchev–Trinajstić information content (AvgIpc) is 3.65. The minimum atomic E-state index is 0.713. The van der Waals surface area contributed by atoms with Crippen molar-refractivity contribution in [2.75, 3.05) is 0 Å². The van der Waals surface area contributed by atoms with Gasteiger partial charge in [-0.2, -0.15) is 0 Å². The van der Waals surface area contributed by atoms with E-state index in [1.165, 1.54) is 30.9 Å². The van der Waals surface area contributed by atoms with Crippen molar-refractivity contribution in [1.29, 1.82) is 0 Å². The fourth-order valence-electron chi connectivity index (χ4n) is 6.46. The summed E-state index contributed by atoms with van der Waals surface area (Å²) in [4.78, 5) is 10.6. The highest BCUT2D eigenvalue weighted by atomic mass is 32.1. The zero-order chi connectivity index (χ0) is 29.0. The first-order valence-electron chi connectivity index (χ1n) is 14.8. The normalized spacial score (nSPS) is 11.6. The number of fused-ring (bicyclic) bond motifs is 6. The summed E-state index contributed by atoms with van der Waals surface area (Å²) >= 11 is 1.83. The number of thiophene rings is 1. The van der Waals surface area contributed by atoms with Gasteiger partial charge < -0.3 is 4.57 Å². The molecule has 0 saturated carbocycles. The van der Waals surface area contributed by atoms with Crippen LogP contribution in [0.2, 0.25) is 0 Å². The molecule has 0 amide bonds. The number of rotatable bonds is 4. The Labute approximate surface area is 258 Å².